The highest BCUT2D eigenvalue weighted by Crippen LogP contribution is 2.50. The fourth-order valence-electron chi connectivity index (χ4n) is 7.83. The van der Waals surface area contributed by atoms with Crippen LogP contribution in [0.3, 0.4) is 0 Å². The van der Waals surface area contributed by atoms with E-state index in [9.17, 15) is 14.7 Å². The number of carbonyl (C=O) groups is 2. The van der Waals surface area contributed by atoms with Crippen LogP contribution in [0.25, 0.3) is 11.1 Å². The quantitative estimate of drug-likeness (QED) is 0.323. The molecular formula is C34H32Cl2FN3O5. The molecule has 8 rings (SSSR count). The zero-order valence-electron chi connectivity index (χ0n) is 24.5. The lowest BCUT2D eigenvalue weighted by Crippen LogP contribution is -2.59. The van der Waals surface area contributed by atoms with E-state index in [1.54, 1.807) is 18.2 Å². The molecule has 3 aromatic rings. The van der Waals surface area contributed by atoms with Gasteiger partial charge >= 0.3 is 5.97 Å². The minimum absolute atomic E-state index is 0.0404. The van der Waals surface area contributed by atoms with Gasteiger partial charge in [0.1, 0.15) is 11.6 Å². The zero-order valence-corrected chi connectivity index (χ0v) is 26.0. The number of hydrogen-bond donors (Lipinski definition) is 1. The van der Waals surface area contributed by atoms with E-state index >= 15 is 4.39 Å². The molecule has 45 heavy (non-hydrogen) atoms. The summed E-state index contributed by atoms with van der Waals surface area (Å²) in [6.07, 6.45) is 5.58. The van der Waals surface area contributed by atoms with Crippen molar-refractivity contribution >= 4 is 46.5 Å². The highest BCUT2D eigenvalue weighted by atomic mass is 35.5. The minimum atomic E-state index is -1.18. The summed E-state index contributed by atoms with van der Waals surface area (Å²) in [6.45, 7) is 3.11. The number of carboxylic acid groups (broad SMARTS) is 1. The second-order valence-electron chi connectivity index (χ2n) is 13.0. The SMILES string of the molecule is O=C(O)c1cc(F)c(-c2cccc3c2OCN(C(=O)c2c(Cl)cc(N4CC5(CCC5)C4)cc2Cl)C3)cc1N1C2CCC1COC2. The lowest BCUT2D eigenvalue weighted by molar-refractivity contribution is 0.0516. The van der Waals surface area contributed by atoms with Crippen LogP contribution >= 0.6 is 23.2 Å². The zero-order chi connectivity index (χ0) is 31.0. The Morgan fingerprint density at radius 2 is 1.69 bits per heavy atom. The van der Waals surface area contributed by atoms with E-state index in [1.165, 1.54) is 24.2 Å². The van der Waals surface area contributed by atoms with Gasteiger partial charge in [0.2, 0.25) is 0 Å². The first kappa shape index (κ1) is 28.9. The molecule has 4 aliphatic heterocycles. The molecule has 2 bridgehead atoms. The highest BCUT2D eigenvalue weighted by Gasteiger charge is 2.47. The van der Waals surface area contributed by atoms with Gasteiger partial charge in [-0.05, 0) is 49.9 Å². The summed E-state index contributed by atoms with van der Waals surface area (Å²) in [7, 11) is 0. The molecule has 1 N–H and O–H groups in total. The molecule has 1 spiro atoms. The number of nitrogens with zero attached hydrogens (tertiary/aromatic N) is 3. The van der Waals surface area contributed by atoms with Crippen molar-refractivity contribution in [3.63, 3.8) is 0 Å². The van der Waals surface area contributed by atoms with Crippen LogP contribution in [0.15, 0.2) is 42.5 Å². The molecule has 1 amide bonds. The van der Waals surface area contributed by atoms with E-state index in [1.807, 2.05) is 18.2 Å². The average Bonchev–Trinajstić information content (AvgIpc) is 3.21. The summed E-state index contributed by atoms with van der Waals surface area (Å²) in [6, 6.07) is 11.8. The van der Waals surface area contributed by atoms with Gasteiger partial charge in [-0.3, -0.25) is 4.79 Å². The summed E-state index contributed by atoms with van der Waals surface area (Å²) in [5, 5.41) is 10.6. The number of amides is 1. The number of morpholine rings is 1. The molecule has 3 aromatic carbocycles. The maximum Gasteiger partial charge on any atom is 0.337 e. The Morgan fingerprint density at radius 1 is 0.978 bits per heavy atom. The van der Waals surface area contributed by atoms with E-state index in [2.05, 4.69) is 9.80 Å². The average molecular weight is 653 g/mol. The molecule has 8 nitrogen and oxygen atoms in total. The monoisotopic (exact) mass is 651 g/mol. The number of rotatable bonds is 5. The summed E-state index contributed by atoms with van der Waals surface area (Å²) in [4.78, 5) is 31.8. The third-order valence-corrected chi connectivity index (χ3v) is 10.9. The van der Waals surface area contributed by atoms with Crippen molar-refractivity contribution in [3.8, 4) is 16.9 Å². The molecule has 2 atom stereocenters. The second-order valence-corrected chi connectivity index (χ2v) is 13.9. The van der Waals surface area contributed by atoms with Crippen LogP contribution in [0.1, 0.15) is 58.4 Å². The van der Waals surface area contributed by atoms with Gasteiger partial charge in [-0.25, -0.2) is 9.18 Å². The summed E-state index contributed by atoms with van der Waals surface area (Å²) in [5.74, 6) is -1.74. The molecular weight excluding hydrogens is 620 g/mol. The van der Waals surface area contributed by atoms with Crippen molar-refractivity contribution in [3.05, 3.63) is 75.0 Å². The van der Waals surface area contributed by atoms with Gasteiger partial charge in [0.15, 0.2) is 6.73 Å². The molecule has 4 fully saturated rings. The molecule has 11 heteroatoms. The van der Waals surface area contributed by atoms with Crippen molar-refractivity contribution in [2.24, 2.45) is 5.41 Å². The van der Waals surface area contributed by atoms with Crippen molar-refractivity contribution in [2.45, 2.75) is 50.7 Å². The number of halogens is 3. The number of benzene rings is 3. The lowest BCUT2D eigenvalue weighted by atomic mass is 9.63. The van der Waals surface area contributed by atoms with E-state index < -0.39 is 11.8 Å². The van der Waals surface area contributed by atoms with Gasteiger partial charge < -0.3 is 29.3 Å². The number of para-hydroxylation sites is 1. The molecule has 1 saturated carbocycles. The van der Waals surface area contributed by atoms with Gasteiger partial charge in [-0.15, -0.1) is 0 Å². The molecule has 0 radical (unpaired) electrons. The Balaban J connectivity index is 1.07. The number of aromatic carboxylic acids is 1. The molecule has 5 aliphatic rings. The number of carbonyl (C=O) groups excluding carboxylic acids is 1. The summed E-state index contributed by atoms with van der Waals surface area (Å²) in [5.41, 5.74) is 3.42. The predicted octanol–water partition coefficient (Wildman–Crippen LogP) is 6.85. The van der Waals surface area contributed by atoms with Crippen LogP contribution in [-0.2, 0) is 11.3 Å². The predicted molar refractivity (Wildman–Crippen MR) is 169 cm³/mol. The smallest absolute Gasteiger partial charge is 0.337 e. The first-order valence-corrected chi connectivity index (χ1v) is 16.2. The number of fused-ring (bicyclic) bond motifs is 3. The van der Waals surface area contributed by atoms with Crippen LogP contribution in [0, 0.1) is 11.2 Å². The lowest BCUT2D eigenvalue weighted by Gasteiger charge is -2.57. The second kappa shape index (κ2) is 10.8. The van der Waals surface area contributed by atoms with Crippen LogP contribution in [0.5, 0.6) is 5.75 Å². The molecule has 1 aliphatic carbocycles. The Hall–Kier alpha value is -3.53. The third-order valence-electron chi connectivity index (χ3n) is 10.3. The van der Waals surface area contributed by atoms with Crippen molar-refractivity contribution in [1.82, 2.24) is 4.90 Å². The van der Waals surface area contributed by atoms with E-state index in [0.29, 0.717) is 51.2 Å². The van der Waals surface area contributed by atoms with E-state index in [0.717, 1.165) is 37.7 Å². The van der Waals surface area contributed by atoms with Crippen LogP contribution < -0.4 is 14.5 Å². The molecule has 4 heterocycles. The maximum atomic E-state index is 15.7. The van der Waals surface area contributed by atoms with Crippen molar-refractivity contribution in [2.75, 3.05) is 42.8 Å². The number of anilines is 2. The standard InChI is InChI=1S/C34H32Cl2FN3O5/c35-26-9-22(39-16-34(17-39)7-2-8-34)10-27(36)30(26)32(41)38-13-19-3-1-4-23(31(19)45-18-38)24-12-29(25(33(42)43)11-28(24)37)40-20-5-6-21(40)15-44-14-20/h1,3-4,9-12,20-21H,2,5-8,13-18H2,(H,42,43). The Morgan fingerprint density at radius 3 is 2.33 bits per heavy atom. The Bertz CT molecular complexity index is 1700. The normalized spacial score (nSPS) is 22.9. The van der Waals surface area contributed by atoms with Crippen LogP contribution in [0.2, 0.25) is 10.0 Å². The molecule has 2 unspecified atom stereocenters. The number of ether oxygens (including phenoxy) is 2. The maximum absolute atomic E-state index is 15.7. The Kier molecular flexibility index (Phi) is 6.93. The number of carboxylic acids is 1. The summed E-state index contributed by atoms with van der Waals surface area (Å²) < 4.78 is 27.5. The summed E-state index contributed by atoms with van der Waals surface area (Å²) >= 11 is 13.3. The van der Waals surface area contributed by atoms with Gasteiger partial charge in [-0.1, -0.05) is 47.8 Å². The largest absolute Gasteiger partial charge is 0.478 e. The topological polar surface area (TPSA) is 82.5 Å². The van der Waals surface area contributed by atoms with E-state index in [-0.39, 0.29) is 48.0 Å². The van der Waals surface area contributed by atoms with Gasteiger partial charge in [0, 0.05) is 40.9 Å². The van der Waals surface area contributed by atoms with E-state index in [4.69, 9.17) is 32.7 Å². The molecule has 3 saturated heterocycles. The third kappa shape index (κ3) is 4.73. The molecule has 0 aromatic heterocycles. The van der Waals surface area contributed by atoms with Gasteiger partial charge in [0.25, 0.3) is 5.91 Å². The first-order valence-electron chi connectivity index (χ1n) is 15.4. The Labute approximate surface area is 270 Å². The van der Waals surface area contributed by atoms with Gasteiger partial charge in [0.05, 0.1) is 58.7 Å². The first-order chi connectivity index (χ1) is 21.7. The van der Waals surface area contributed by atoms with Crippen molar-refractivity contribution < 1.29 is 28.6 Å². The van der Waals surface area contributed by atoms with Crippen LogP contribution in [0.4, 0.5) is 15.8 Å². The minimum Gasteiger partial charge on any atom is -0.478 e. The molecule has 234 valence electrons. The highest BCUT2D eigenvalue weighted by molar-refractivity contribution is 6.40. The van der Waals surface area contributed by atoms with Crippen molar-refractivity contribution in [1.29, 1.82) is 0 Å². The number of hydrogen-bond acceptors (Lipinski definition) is 6. The fourth-order valence-corrected chi connectivity index (χ4v) is 8.47. The van der Waals surface area contributed by atoms with Crippen LogP contribution in [-0.4, -0.2) is 67.0 Å². The fraction of sp³-hybridized carbons (Fsp3) is 0.412. The van der Waals surface area contributed by atoms with Gasteiger partial charge in [-0.2, -0.15) is 0 Å².